The van der Waals surface area contributed by atoms with Gasteiger partial charge in [0.25, 0.3) is 11.6 Å². The molecule has 1 amide bonds. The standard InChI is InChI=1S/C20H16N2O8/c1-11(19(24)21-14-8-7-12(22(26)27)9-17(14)28-2)29-20(25)18-10-15(23)13-5-3-4-6-16(13)30-18/h3-11H,1-2H3,(H,21,24)/t11-/m0/s1. The minimum Gasteiger partial charge on any atom is -0.494 e. The average Bonchev–Trinajstić information content (AvgIpc) is 2.73. The van der Waals surface area contributed by atoms with Crippen molar-refractivity contribution in [1.82, 2.24) is 0 Å². The van der Waals surface area contributed by atoms with Crippen LogP contribution in [0.15, 0.2) is 57.7 Å². The van der Waals surface area contributed by atoms with Crippen LogP contribution in [-0.4, -0.2) is 30.0 Å². The average molecular weight is 412 g/mol. The first kappa shape index (κ1) is 20.5. The van der Waals surface area contributed by atoms with Gasteiger partial charge in [0.2, 0.25) is 5.76 Å². The molecule has 154 valence electrons. The maximum Gasteiger partial charge on any atom is 0.375 e. The molecular formula is C20H16N2O8. The summed E-state index contributed by atoms with van der Waals surface area (Å²) in [6.07, 6.45) is -1.26. The number of carbonyl (C=O) groups is 2. The number of amides is 1. The number of benzene rings is 2. The van der Waals surface area contributed by atoms with Crippen molar-refractivity contribution in [3.63, 3.8) is 0 Å². The van der Waals surface area contributed by atoms with E-state index in [4.69, 9.17) is 13.9 Å². The van der Waals surface area contributed by atoms with E-state index < -0.39 is 28.3 Å². The number of ether oxygens (including phenoxy) is 2. The van der Waals surface area contributed by atoms with Crippen molar-refractivity contribution in [3.05, 3.63) is 74.6 Å². The fourth-order valence-electron chi connectivity index (χ4n) is 2.61. The predicted octanol–water partition coefficient (Wildman–Crippen LogP) is 2.89. The lowest BCUT2D eigenvalue weighted by atomic mass is 10.2. The topological polar surface area (TPSA) is 138 Å². The molecule has 2 aromatic carbocycles. The van der Waals surface area contributed by atoms with Gasteiger partial charge < -0.3 is 19.2 Å². The molecule has 3 aromatic rings. The number of non-ortho nitro benzene ring substituents is 1. The Kier molecular flexibility index (Phi) is 5.77. The van der Waals surface area contributed by atoms with Gasteiger partial charge in [-0.25, -0.2) is 4.79 Å². The van der Waals surface area contributed by atoms with Crippen molar-refractivity contribution in [2.75, 3.05) is 12.4 Å². The van der Waals surface area contributed by atoms with Crippen LogP contribution in [0, 0.1) is 10.1 Å². The Hall–Kier alpha value is -4.21. The van der Waals surface area contributed by atoms with E-state index in [1.54, 1.807) is 18.2 Å². The summed E-state index contributed by atoms with van der Waals surface area (Å²) in [5.41, 5.74) is -0.259. The van der Waals surface area contributed by atoms with Gasteiger partial charge in [0.05, 0.1) is 29.2 Å². The van der Waals surface area contributed by atoms with E-state index in [-0.39, 0.29) is 28.5 Å². The normalized spacial score (nSPS) is 11.5. The number of anilines is 1. The summed E-state index contributed by atoms with van der Waals surface area (Å²) in [5.74, 6) is -1.97. The number of nitrogens with zero attached hydrogens (tertiary/aromatic N) is 1. The van der Waals surface area contributed by atoms with Gasteiger partial charge >= 0.3 is 5.97 Å². The molecule has 0 radical (unpaired) electrons. The first-order valence-corrected chi connectivity index (χ1v) is 8.67. The lowest BCUT2D eigenvalue weighted by Gasteiger charge is -2.15. The van der Waals surface area contributed by atoms with E-state index >= 15 is 0 Å². The van der Waals surface area contributed by atoms with Crippen LogP contribution >= 0.6 is 0 Å². The minimum atomic E-state index is -1.26. The number of hydrogen-bond donors (Lipinski definition) is 1. The Morgan fingerprint density at radius 3 is 2.60 bits per heavy atom. The third-order valence-electron chi connectivity index (χ3n) is 4.14. The monoisotopic (exact) mass is 412 g/mol. The van der Waals surface area contributed by atoms with E-state index in [0.29, 0.717) is 5.39 Å². The molecule has 0 bridgehead atoms. The molecule has 30 heavy (non-hydrogen) atoms. The van der Waals surface area contributed by atoms with Crippen molar-refractivity contribution in [2.45, 2.75) is 13.0 Å². The summed E-state index contributed by atoms with van der Waals surface area (Å²) < 4.78 is 15.5. The minimum absolute atomic E-state index is 0.0663. The number of nitro groups is 1. The van der Waals surface area contributed by atoms with Crippen LogP contribution in [0.25, 0.3) is 11.0 Å². The van der Waals surface area contributed by atoms with E-state index in [1.807, 2.05) is 0 Å². The molecule has 0 saturated heterocycles. The number of rotatable bonds is 6. The Labute approximate surface area is 169 Å². The molecule has 0 aliphatic rings. The molecule has 10 heteroatoms. The van der Waals surface area contributed by atoms with Crippen LogP contribution in [0.1, 0.15) is 17.5 Å². The van der Waals surface area contributed by atoms with Crippen LogP contribution < -0.4 is 15.5 Å². The van der Waals surface area contributed by atoms with Crippen molar-refractivity contribution in [3.8, 4) is 5.75 Å². The molecule has 1 aromatic heterocycles. The van der Waals surface area contributed by atoms with Gasteiger partial charge in [-0.1, -0.05) is 12.1 Å². The molecule has 0 fully saturated rings. The maximum atomic E-state index is 12.4. The first-order valence-electron chi connectivity index (χ1n) is 8.67. The highest BCUT2D eigenvalue weighted by molar-refractivity contribution is 5.98. The fourth-order valence-corrected chi connectivity index (χ4v) is 2.61. The maximum absolute atomic E-state index is 12.4. The summed E-state index contributed by atoms with van der Waals surface area (Å²) >= 11 is 0. The quantitative estimate of drug-likeness (QED) is 0.370. The number of para-hydroxylation sites is 1. The molecule has 1 heterocycles. The summed E-state index contributed by atoms with van der Waals surface area (Å²) in [6.45, 7) is 1.32. The van der Waals surface area contributed by atoms with Crippen LogP contribution in [-0.2, 0) is 9.53 Å². The largest absolute Gasteiger partial charge is 0.494 e. The Bertz CT molecular complexity index is 1200. The summed E-state index contributed by atoms with van der Waals surface area (Å²) in [6, 6.07) is 11.0. The molecule has 0 saturated carbocycles. The van der Waals surface area contributed by atoms with Gasteiger partial charge in [-0.15, -0.1) is 0 Å². The molecular weight excluding hydrogens is 396 g/mol. The smallest absolute Gasteiger partial charge is 0.375 e. The zero-order chi connectivity index (χ0) is 21.8. The van der Waals surface area contributed by atoms with Gasteiger partial charge in [0.1, 0.15) is 11.3 Å². The molecule has 0 aliphatic heterocycles. The fraction of sp³-hybridized carbons (Fsp3) is 0.150. The third kappa shape index (κ3) is 4.27. The molecule has 0 unspecified atom stereocenters. The van der Waals surface area contributed by atoms with Crippen LogP contribution in [0.4, 0.5) is 11.4 Å². The van der Waals surface area contributed by atoms with Gasteiger partial charge in [-0.05, 0) is 25.1 Å². The Balaban J connectivity index is 1.74. The van der Waals surface area contributed by atoms with Gasteiger partial charge in [-0.2, -0.15) is 0 Å². The zero-order valence-corrected chi connectivity index (χ0v) is 15.9. The Morgan fingerprint density at radius 2 is 1.90 bits per heavy atom. The molecule has 0 spiro atoms. The SMILES string of the molecule is COc1cc([N+](=O)[O-])ccc1NC(=O)[C@H](C)OC(=O)c1cc(=O)c2ccccc2o1. The second kappa shape index (κ2) is 8.43. The number of methoxy groups -OCH3 is 1. The number of carbonyl (C=O) groups excluding carboxylic acids is 2. The second-order valence-electron chi connectivity index (χ2n) is 6.15. The highest BCUT2D eigenvalue weighted by atomic mass is 16.6. The van der Waals surface area contributed by atoms with Gasteiger partial charge in [0, 0.05) is 12.1 Å². The van der Waals surface area contributed by atoms with Gasteiger partial charge in [0.15, 0.2) is 11.5 Å². The number of nitro benzene ring substituents is 1. The van der Waals surface area contributed by atoms with E-state index in [0.717, 1.165) is 12.1 Å². The van der Waals surface area contributed by atoms with E-state index in [1.165, 1.54) is 32.2 Å². The van der Waals surface area contributed by atoms with Crippen molar-refractivity contribution in [2.24, 2.45) is 0 Å². The number of nitrogens with one attached hydrogen (secondary N) is 1. The molecule has 10 nitrogen and oxygen atoms in total. The molecule has 1 atom stereocenters. The molecule has 1 N–H and O–H groups in total. The molecule has 3 rings (SSSR count). The highest BCUT2D eigenvalue weighted by Gasteiger charge is 2.23. The lowest BCUT2D eigenvalue weighted by molar-refractivity contribution is -0.384. The van der Waals surface area contributed by atoms with Crippen LogP contribution in [0.3, 0.4) is 0 Å². The molecule has 0 aliphatic carbocycles. The van der Waals surface area contributed by atoms with Crippen LogP contribution in [0.5, 0.6) is 5.75 Å². The number of esters is 1. The number of hydrogen-bond acceptors (Lipinski definition) is 8. The highest BCUT2D eigenvalue weighted by Crippen LogP contribution is 2.29. The summed E-state index contributed by atoms with van der Waals surface area (Å²) in [5, 5.41) is 13.6. The predicted molar refractivity (Wildman–Crippen MR) is 106 cm³/mol. The van der Waals surface area contributed by atoms with Crippen LogP contribution in [0.2, 0.25) is 0 Å². The summed E-state index contributed by atoms with van der Waals surface area (Å²) in [7, 11) is 1.29. The van der Waals surface area contributed by atoms with Crippen molar-refractivity contribution < 1.29 is 28.4 Å². The van der Waals surface area contributed by atoms with E-state index in [2.05, 4.69) is 5.32 Å². The zero-order valence-electron chi connectivity index (χ0n) is 15.9. The first-order chi connectivity index (χ1) is 14.3. The summed E-state index contributed by atoms with van der Waals surface area (Å²) in [4.78, 5) is 47.0. The third-order valence-corrected chi connectivity index (χ3v) is 4.14. The van der Waals surface area contributed by atoms with Gasteiger partial charge in [-0.3, -0.25) is 19.7 Å². The number of fused-ring (bicyclic) bond motifs is 1. The Morgan fingerprint density at radius 1 is 1.17 bits per heavy atom. The van der Waals surface area contributed by atoms with Crippen molar-refractivity contribution in [1.29, 1.82) is 0 Å². The van der Waals surface area contributed by atoms with Crippen molar-refractivity contribution >= 4 is 34.2 Å². The second-order valence-corrected chi connectivity index (χ2v) is 6.15. The lowest BCUT2D eigenvalue weighted by Crippen LogP contribution is -2.30. The van der Waals surface area contributed by atoms with E-state index in [9.17, 15) is 24.5 Å².